The van der Waals surface area contributed by atoms with Crippen molar-refractivity contribution in [3.05, 3.63) is 46.6 Å². The molecule has 0 aliphatic heterocycles. The Kier molecular flexibility index (Phi) is 4.17. The molecule has 2 rings (SSSR count). The van der Waals surface area contributed by atoms with Gasteiger partial charge >= 0.3 is 6.36 Å². The van der Waals surface area contributed by atoms with Crippen LogP contribution in [0.15, 0.2) is 41.0 Å². The fourth-order valence-electron chi connectivity index (χ4n) is 1.54. The topological polar surface area (TPSA) is 34.2 Å². The second-order valence-corrected chi connectivity index (χ2v) is 4.75. The lowest BCUT2D eigenvalue weighted by atomic mass is 10.2. The number of aryl methyl sites for hydroxylation is 1. The number of pyridine rings is 1. The van der Waals surface area contributed by atoms with Crippen LogP contribution in [0.1, 0.15) is 5.56 Å². The molecule has 0 amide bonds. The van der Waals surface area contributed by atoms with Crippen molar-refractivity contribution in [1.82, 2.24) is 4.98 Å². The van der Waals surface area contributed by atoms with Crippen molar-refractivity contribution in [3.63, 3.8) is 0 Å². The van der Waals surface area contributed by atoms with E-state index in [0.29, 0.717) is 10.3 Å². The van der Waals surface area contributed by atoms with Crippen molar-refractivity contribution >= 4 is 27.4 Å². The van der Waals surface area contributed by atoms with Crippen molar-refractivity contribution in [2.45, 2.75) is 13.3 Å². The number of anilines is 2. The molecule has 3 nitrogen and oxygen atoms in total. The first-order chi connectivity index (χ1) is 9.37. The van der Waals surface area contributed by atoms with Crippen molar-refractivity contribution < 1.29 is 17.9 Å². The van der Waals surface area contributed by atoms with Gasteiger partial charge < -0.3 is 10.1 Å². The largest absolute Gasteiger partial charge is 0.573 e. The molecule has 0 saturated heterocycles. The summed E-state index contributed by atoms with van der Waals surface area (Å²) >= 11 is 3.34. The average Bonchev–Trinajstić information content (AvgIpc) is 2.35. The molecule has 2 aromatic rings. The highest BCUT2D eigenvalue weighted by atomic mass is 79.9. The molecule has 0 unspecified atom stereocenters. The van der Waals surface area contributed by atoms with Gasteiger partial charge in [-0.3, -0.25) is 0 Å². The average molecular weight is 347 g/mol. The number of hydrogen-bond acceptors (Lipinski definition) is 3. The first kappa shape index (κ1) is 14.6. The van der Waals surface area contributed by atoms with Gasteiger partial charge in [0.1, 0.15) is 5.82 Å². The van der Waals surface area contributed by atoms with E-state index in [1.165, 1.54) is 18.2 Å². The van der Waals surface area contributed by atoms with E-state index in [1.54, 1.807) is 18.3 Å². The predicted octanol–water partition coefficient (Wildman–Crippen LogP) is 4.79. The quantitative estimate of drug-likeness (QED) is 0.867. The van der Waals surface area contributed by atoms with E-state index >= 15 is 0 Å². The number of hydrogen-bond donors (Lipinski definition) is 1. The van der Waals surface area contributed by atoms with E-state index in [-0.39, 0.29) is 11.4 Å². The normalized spacial score (nSPS) is 11.2. The van der Waals surface area contributed by atoms with E-state index in [2.05, 4.69) is 31.0 Å². The van der Waals surface area contributed by atoms with Gasteiger partial charge in [-0.15, -0.1) is 13.2 Å². The lowest BCUT2D eigenvalue weighted by molar-refractivity contribution is -0.274. The van der Waals surface area contributed by atoms with Crippen LogP contribution in [0.25, 0.3) is 0 Å². The molecule has 7 heteroatoms. The number of benzene rings is 1. The fraction of sp³-hybridized carbons (Fsp3) is 0.154. The maximum Gasteiger partial charge on any atom is 0.573 e. The number of rotatable bonds is 3. The summed E-state index contributed by atoms with van der Waals surface area (Å²) in [4.78, 5) is 4.08. The standard InChI is InChI=1S/C13H10BrF3N2O/c1-8-6-7-18-12(11(8)14)19-9-4-2-3-5-10(9)20-13(15,16)17/h2-7H,1H3,(H,18,19). The second kappa shape index (κ2) is 5.70. The van der Waals surface area contributed by atoms with Crippen LogP contribution in [-0.2, 0) is 0 Å². The first-order valence-electron chi connectivity index (χ1n) is 5.60. The molecule has 0 aliphatic carbocycles. The van der Waals surface area contributed by atoms with Gasteiger partial charge in [-0.25, -0.2) is 4.98 Å². The molecule has 106 valence electrons. The zero-order valence-corrected chi connectivity index (χ0v) is 11.9. The van der Waals surface area contributed by atoms with Gasteiger partial charge in [0.2, 0.25) is 0 Å². The van der Waals surface area contributed by atoms with Crippen LogP contribution in [0.3, 0.4) is 0 Å². The third-order valence-corrected chi connectivity index (χ3v) is 3.45. The van der Waals surface area contributed by atoms with E-state index in [1.807, 2.05) is 6.92 Å². The number of aromatic nitrogens is 1. The molecular weight excluding hydrogens is 337 g/mol. The van der Waals surface area contributed by atoms with Gasteiger partial charge in [0.25, 0.3) is 0 Å². The van der Waals surface area contributed by atoms with E-state index in [4.69, 9.17) is 0 Å². The number of ether oxygens (including phenoxy) is 1. The van der Waals surface area contributed by atoms with Gasteiger partial charge in [0, 0.05) is 6.20 Å². The smallest absolute Gasteiger partial charge is 0.404 e. The Morgan fingerprint density at radius 1 is 1.20 bits per heavy atom. The molecule has 20 heavy (non-hydrogen) atoms. The zero-order valence-electron chi connectivity index (χ0n) is 10.3. The van der Waals surface area contributed by atoms with Gasteiger partial charge in [-0.1, -0.05) is 12.1 Å². The minimum Gasteiger partial charge on any atom is -0.404 e. The molecule has 0 aliphatic rings. The minimum absolute atomic E-state index is 0.184. The van der Waals surface area contributed by atoms with Gasteiger partial charge in [0.15, 0.2) is 5.75 Å². The van der Waals surface area contributed by atoms with Crippen molar-refractivity contribution in [3.8, 4) is 5.75 Å². The molecule has 0 spiro atoms. The molecule has 0 saturated carbocycles. The summed E-state index contributed by atoms with van der Waals surface area (Å²) in [5.41, 5.74) is 1.10. The number of halogens is 4. The highest BCUT2D eigenvalue weighted by molar-refractivity contribution is 9.10. The molecule has 1 heterocycles. The summed E-state index contributed by atoms with van der Waals surface area (Å²) in [6.45, 7) is 1.86. The summed E-state index contributed by atoms with van der Waals surface area (Å²) in [5, 5.41) is 2.82. The highest BCUT2D eigenvalue weighted by Gasteiger charge is 2.32. The van der Waals surface area contributed by atoms with Gasteiger partial charge in [0.05, 0.1) is 10.2 Å². The monoisotopic (exact) mass is 346 g/mol. The summed E-state index contributed by atoms with van der Waals surface area (Å²) in [6.07, 6.45) is -3.18. The number of nitrogens with zero attached hydrogens (tertiary/aromatic N) is 1. The summed E-state index contributed by atoms with van der Waals surface area (Å²) < 4.78 is 41.6. The Labute approximate surface area is 121 Å². The Morgan fingerprint density at radius 3 is 2.60 bits per heavy atom. The third-order valence-electron chi connectivity index (χ3n) is 2.45. The second-order valence-electron chi connectivity index (χ2n) is 3.96. The van der Waals surface area contributed by atoms with Crippen LogP contribution < -0.4 is 10.1 Å². The van der Waals surface area contributed by atoms with E-state index < -0.39 is 6.36 Å². The maximum absolute atomic E-state index is 12.3. The Morgan fingerprint density at radius 2 is 1.90 bits per heavy atom. The SMILES string of the molecule is Cc1ccnc(Nc2ccccc2OC(F)(F)F)c1Br. The Balaban J connectivity index is 2.32. The molecular formula is C13H10BrF3N2O. The maximum atomic E-state index is 12.3. The lowest BCUT2D eigenvalue weighted by Crippen LogP contribution is -2.17. The Hall–Kier alpha value is -1.76. The fourth-order valence-corrected chi connectivity index (χ4v) is 1.87. The minimum atomic E-state index is -4.74. The van der Waals surface area contributed by atoms with E-state index in [9.17, 15) is 13.2 Å². The van der Waals surface area contributed by atoms with Crippen LogP contribution >= 0.6 is 15.9 Å². The molecule has 1 aromatic carbocycles. The number of nitrogens with one attached hydrogen (secondary N) is 1. The van der Waals surface area contributed by atoms with Crippen molar-refractivity contribution in [2.24, 2.45) is 0 Å². The molecule has 0 atom stereocenters. The van der Waals surface area contributed by atoms with Crippen LogP contribution in [0.5, 0.6) is 5.75 Å². The molecule has 0 radical (unpaired) electrons. The predicted molar refractivity (Wildman–Crippen MR) is 73.1 cm³/mol. The summed E-state index contributed by atoms with van der Waals surface area (Å²) in [5.74, 6) is 0.110. The van der Waals surface area contributed by atoms with E-state index in [0.717, 1.165) is 5.56 Å². The van der Waals surface area contributed by atoms with Gasteiger partial charge in [-0.2, -0.15) is 0 Å². The summed E-state index contributed by atoms with van der Waals surface area (Å²) in [6, 6.07) is 7.57. The van der Waals surface area contributed by atoms with Crippen LogP contribution in [0, 0.1) is 6.92 Å². The zero-order chi connectivity index (χ0) is 14.8. The molecule has 1 N–H and O–H groups in total. The first-order valence-corrected chi connectivity index (χ1v) is 6.39. The highest BCUT2D eigenvalue weighted by Crippen LogP contribution is 2.34. The summed E-state index contributed by atoms with van der Waals surface area (Å²) in [7, 11) is 0. The van der Waals surface area contributed by atoms with Crippen LogP contribution in [0.4, 0.5) is 24.7 Å². The molecule has 1 aromatic heterocycles. The molecule has 0 fully saturated rings. The van der Waals surface area contributed by atoms with Crippen LogP contribution in [0.2, 0.25) is 0 Å². The lowest BCUT2D eigenvalue weighted by Gasteiger charge is -2.15. The Bertz CT molecular complexity index is 617. The van der Waals surface area contributed by atoms with Crippen molar-refractivity contribution in [1.29, 1.82) is 0 Å². The number of alkyl halides is 3. The number of para-hydroxylation sites is 2. The third kappa shape index (κ3) is 3.63. The van der Waals surface area contributed by atoms with Crippen molar-refractivity contribution in [2.75, 3.05) is 5.32 Å². The molecule has 0 bridgehead atoms. The van der Waals surface area contributed by atoms with Crippen LogP contribution in [-0.4, -0.2) is 11.3 Å². The van der Waals surface area contributed by atoms with Gasteiger partial charge in [-0.05, 0) is 46.6 Å².